The third kappa shape index (κ3) is 4.13. The Morgan fingerprint density at radius 3 is 2.81 bits per heavy atom. The summed E-state index contributed by atoms with van der Waals surface area (Å²) in [5, 5.41) is 18.8. The Morgan fingerprint density at radius 2 is 2.16 bits per heavy atom. The van der Waals surface area contributed by atoms with Gasteiger partial charge in [0.05, 0.1) is 18.4 Å². The summed E-state index contributed by atoms with van der Waals surface area (Å²) in [4.78, 5) is 12.7. The van der Waals surface area contributed by atoms with Gasteiger partial charge < -0.3 is 20.2 Å². The SMILES string of the molecule is C[C@@H](O)c1cccc(NC(=O)c2nn3c(c2Cl)N[C@H](c2ccco2)C[C@@H]3C(F)(F)F)c1. The molecule has 0 saturated heterocycles. The smallest absolute Gasteiger partial charge is 0.410 e. The van der Waals surface area contributed by atoms with Gasteiger partial charge >= 0.3 is 6.18 Å². The number of carbonyl (C=O) groups excluding carboxylic acids is 1. The van der Waals surface area contributed by atoms with Crippen LogP contribution in [0.15, 0.2) is 47.1 Å². The summed E-state index contributed by atoms with van der Waals surface area (Å²) in [6.07, 6.45) is -4.38. The van der Waals surface area contributed by atoms with Crippen LogP contribution in [0.25, 0.3) is 0 Å². The lowest BCUT2D eigenvalue weighted by Gasteiger charge is -2.32. The normalized spacial score (nSPS) is 19.4. The van der Waals surface area contributed by atoms with Crippen molar-refractivity contribution in [2.24, 2.45) is 0 Å². The number of aliphatic hydroxyl groups excluding tert-OH is 1. The monoisotopic (exact) mass is 454 g/mol. The van der Waals surface area contributed by atoms with Crippen LogP contribution in [0.5, 0.6) is 0 Å². The molecule has 4 rings (SSSR count). The van der Waals surface area contributed by atoms with Crippen LogP contribution in [0.2, 0.25) is 5.02 Å². The predicted octanol–water partition coefficient (Wildman–Crippen LogP) is 5.10. The van der Waals surface area contributed by atoms with E-state index in [1.807, 2.05) is 0 Å². The highest BCUT2D eigenvalue weighted by Crippen LogP contribution is 2.46. The number of aromatic nitrogens is 2. The number of anilines is 2. The summed E-state index contributed by atoms with van der Waals surface area (Å²) >= 11 is 6.28. The molecule has 0 fully saturated rings. The van der Waals surface area contributed by atoms with Gasteiger partial charge in [-0.3, -0.25) is 4.79 Å². The van der Waals surface area contributed by atoms with Crippen LogP contribution in [-0.4, -0.2) is 27.0 Å². The Morgan fingerprint density at radius 1 is 1.39 bits per heavy atom. The van der Waals surface area contributed by atoms with Crippen molar-refractivity contribution in [3.05, 3.63) is 64.7 Å². The zero-order valence-corrected chi connectivity index (χ0v) is 16.9. The zero-order chi connectivity index (χ0) is 22.3. The molecule has 3 aromatic rings. The second kappa shape index (κ2) is 7.93. The molecule has 0 unspecified atom stereocenters. The van der Waals surface area contributed by atoms with Crippen molar-refractivity contribution in [2.75, 3.05) is 10.6 Å². The summed E-state index contributed by atoms with van der Waals surface area (Å²) in [5.74, 6) is -0.565. The molecule has 3 N–H and O–H groups in total. The molecule has 0 bridgehead atoms. The fraction of sp³-hybridized carbons (Fsp3) is 0.300. The average molecular weight is 455 g/mol. The number of rotatable bonds is 4. The van der Waals surface area contributed by atoms with E-state index in [1.165, 1.54) is 6.26 Å². The summed E-state index contributed by atoms with van der Waals surface area (Å²) in [5.41, 5.74) is 0.563. The molecule has 7 nitrogen and oxygen atoms in total. The standard InChI is InChI=1S/C20H18ClF3N4O3/c1-10(29)11-4-2-5-12(8-11)25-19(30)17-16(21)18-26-13(14-6-3-7-31-14)9-15(20(22,23)24)28(18)27-17/h2-8,10,13,15,26,29H,9H2,1H3,(H,25,30)/t10-,13+,15-/m1/s1. The van der Waals surface area contributed by atoms with E-state index in [1.54, 1.807) is 43.3 Å². The zero-order valence-electron chi connectivity index (χ0n) is 16.2. The Hall–Kier alpha value is -2.98. The van der Waals surface area contributed by atoms with Crippen molar-refractivity contribution >= 4 is 29.0 Å². The van der Waals surface area contributed by atoms with Crippen LogP contribution >= 0.6 is 11.6 Å². The van der Waals surface area contributed by atoms with Crippen LogP contribution in [-0.2, 0) is 0 Å². The molecule has 1 aliphatic heterocycles. The third-order valence-corrected chi connectivity index (χ3v) is 5.38. The molecule has 0 saturated carbocycles. The number of nitrogens with zero attached hydrogens (tertiary/aromatic N) is 2. The molecule has 11 heteroatoms. The number of benzene rings is 1. The minimum absolute atomic E-state index is 0.112. The highest BCUT2D eigenvalue weighted by Gasteiger charge is 2.48. The number of amides is 1. The lowest BCUT2D eigenvalue weighted by atomic mass is 10.0. The quantitative estimate of drug-likeness (QED) is 0.510. The summed E-state index contributed by atoms with van der Waals surface area (Å²) in [6.45, 7) is 1.57. The third-order valence-electron chi connectivity index (χ3n) is 5.02. The number of carbonyl (C=O) groups is 1. The van der Waals surface area contributed by atoms with Gasteiger partial charge in [0.15, 0.2) is 11.7 Å². The predicted molar refractivity (Wildman–Crippen MR) is 107 cm³/mol. The van der Waals surface area contributed by atoms with Crippen molar-refractivity contribution < 1.29 is 27.5 Å². The minimum atomic E-state index is -4.61. The number of hydrogen-bond donors (Lipinski definition) is 3. The Labute approximate surface area is 179 Å². The van der Waals surface area contributed by atoms with E-state index in [9.17, 15) is 23.1 Å². The van der Waals surface area contributed by atoms with E-state index < -0.39 is 30.3 Å². The maximum absolute atomic E-state index is 13.8. The van der Waals surface area contributed by atoms with E-state index in [4.69, 9.17) is 16.0 Å². The molecular weight excluding hydrogens is 437 g/mol. The van der Waals surface area contributed by atoms with E-state index in [2.05, 4.69) is 15.7 Å². The first-order valence-corrected chi connectivity index (χ1v) is 9.77. The van der Waals surface area contributed by atoms with E-state index in [0.717, 1.165) is 0 Å². The second-order valence-electron chi connectivity index (χ2n) is 7.22. The number of fused-ring (bicyclic) bond motifs is 1. The van der Waals surface area contributed by atoms with E-state index in [0.29, 0.717) is 21.7 Å². The minimum Gasteiger partial charge on any atom is -0.467 e. The first-order valence-electron chi connectivity index (χ1n) is 9.39. The fourth-order valence-corrected chi connectivity index (χ4v) is 3.74. The molecule has 0 spiro atoms. The molecular formula is C20H18ClF3N4O3. The molecule has 31 heavy (non-hydrogen) atoms. The number of aliphatic hydroxyl groups is 1. The number of alkyl halides is 3. The van der Waals surface area contributed by atoms with Gasteiger partial charge in [-0.05, 0) is 36.8 Å². The van der Waals surface area contributed by atoms with Crippen molar-refractivity contribution in [3.8, 4) is 0 Å². The van der Waals surface area contributed by atoms with Crippen molar-refractivity contribution in [3.63, 3.8) is 0 Å². The van der Waals surface area contributed by atoms with Crippen LogP contribution in [0.3, 0.4) is 0 Å². The van der Waals surface area contributed by atoms with Crippen molar-refractivity contribution in [1.82, 2.24) is 9.78 Å². The lowest BCUT2D eigenvalue weighted by Crippen LogP contribution is -2.35. The van der Waals surface area contributed by atoms with Gasteiger partial charge in [0.2, 0.25) is 0 Å². The van der Waals surface area contributed by atoms with Gasteiger partial charge in [-0.2, -0.15) is 18.3 Å². The van der Waals surface area contributed by atoms with Crippen LogP contribution in [0.4, 0.5) is 24.7 Å². The molecule has 164 valence electrons. The first kappa shape index (κ1) is 21.3. The van der Waals surface area contributed by atoms with Gasteiger partial charge in [-0.15, -0.1) is 0 Å². The fourth-order valence-electron chi connectivity index (χ4n) is 3.48. The number of halogens is 4. The van der Waals surface area contributed by atoms with Gasteiger partial charge in [-0.1, -0.05) is 23.7 Å². The largest absolute Gasteiger partial charge is 0.467 e. The number of furan rings is 1. The maximum atomic E-state index is 13.8. The topological polar surface area (TPSA) is 92.3 Å². The Balaban J connectivity index is 1.67. The summed E-state index contributed by atoms with van der Waals surface area (Å²) < 4.78 is 47.2. The van der Waals surface area contributed by atoms with Gasteiger partial charge in [0, 0.05) is 12.1 Å². The maximum Gasteiger partial charge on any atom is 0.410 e. The second-order valence-corrected chi connectivity index (χ2v) is 7.59. The van der Waals surface area contributed by atoms with Crippen LogP contribution in [0.1, 0.15) is 53.3 Å². The first-order chi connectivity index (χ1) is 14.6. The van der Waals surface area contributed by atoms with Crippen molar-refractivity contribution in [1.29, 1.82) is 0 Å². The number of nitrogens with one attached hydrogen (secondary N) is 2. The molecule has 3 heterocycles. The Bertz CT molecular complexity index is 1100. The van der Waals surface area contributed by atoms with Gasteiger partial charge in [0.25, 0.3) is 5.91 Å². The van der Waals surface area contributed by atoms with E-state index >= 15 is 0 Å². The highest BCUT2D eigenvalue weighted by atomic mass is 35.5. The van der Waals surface area contributed by atoms with Crippen molar-refractivity contribution in [2.45, 2.75) is 37.7 Å². The molecule has 0 radical (unpaired) electrons. The van der Waals surface area contributed by atoms with Gasteiger partial charge in [-0.25, -0.2) is 4.68 Å². The van der Waals surface area contributed by atoms with Gasteiger partial charge in [0.1, 0.15) is 16.6 Å². The highest BCUT2D eigenvalue weighted by molar-refractivity contribution is 6.36. The van der Waals surface area contributed by atoms with Crippen LogP contribution < -0.4 is 10.6 Å². The Kier molecular flexibility index (Phi) is 5.44. The molecule has 1 aromatic carbocycles. The summed E-state index contributed by atoms with van der Waals surface area (Å²) in [6, 6.07) is 6.80. The van der Waals surface area contributed by atoms with E-state index in [-0.39, 0.29) is 23.0 Å². The molecule has 2 aromatic heterocycles. The molecule has 0 aliphatic carbocycles. The molecule has 1 amide bonds. The number of hydrogen-bond acceptors (Lipinski definition) is 5. The molecule has 1 aliphatic rings. The molecule has 3 atom stereocenters. The summed E-state index contributed by atoms with van der Waals surface area (Å²) in [7, 11) is 0. The average Bonchev–Trinajstić information content (AvgIpc) is 3.35. The lowest BCUT2D eigenvalue weighted by molar-refractivity contribution is -0.174. The van der Waals surface area contributed by atoms with Crippen LogP contribution in [0, 0.1) is 0 Å².